The zero-order valence-electron chi connectivity index (χ0n) is 13.3. The van der Waals surface area contributed by atoms with Crippen molar-refractivity contribution in [3.05, 3.63) is 19.1 Å². The maximum Gasteiger partial charge on any atom is 1.00 e. The van der Waals surface area contributed by atoms with E-state index in [0.29, 0.717) is 6.42 Å². The van der Waals surface area contributed by atoms with E-state index in [-0.39, 0.29) is 37.6 Å². The molecule has 0 aliphatic carbocycles. The second-order valence-corrected chi connectivity index (χ2v) is 5.67. The van der Waals surface area contributed by atoms with Crippen molar-refractivity contribution >= 4 is 22.1 Å². The van der Waals surface area contributed by atoms with Gasteiger partial charge < -0.3 is 16.8 Å². The number of allylic oxidation sites excluding steroid dienone is 1. The fourth-order valence-electron chi connectivity index (χ4n) is 1.18. The minimum atomic E-state index is -3.74. The molecule has 0 rings (SSSR count). The van der Waals surface area contributed by atoms with Crippen LogP contribution >= 0.6 is 0 Å². The van der Waals surface area contributed by atoms with Crippen molar-refractivity contribution < 1.29 is 51.3 Å². The Bertz CT molecular complexity index is 432. The summed E-state index contributed by atoms with van der Waals surface area (Å²) in [5, 5.41) is 8.74. The minimum Gasteiger partial charge on any atom is -0.481 e. The third-order valence-corrected chi connectivity index (χ3v) is 2.92. The fraction of sp³-hybridized carbons (Fsp3) is 0.615. The smallest absolute Gasteiger partial charge is 0.481 e. The van der Waals surface area contributed by atoms with Crippen LogP contribution in [0.2, 0.25) is 0 Å². The number of ether oxygens (including phenoxy) is 1. The molecular weight excluding hydrogens is 307 g/mol. The van der Waals surface area contributed by atoms with Crippen LogP contribution in [-0.4, -0.2) is 42.4 Å². The quantitative estimate of drug-likeness (QED) is 0.187. The van der Waals surface area contributed by atoms with Crippen molar-refractivity contribution in [1.29, 1.82) is 0 Å². The Morgan fingerprint density at radius 1 is 1.36 bits per heavy atom. The van der Waals surface area contributed by atoms with E-state index in [4.69, 9.17) is 14.4 Å². The number of aliphatic carboxylic acids is 1. The van der Waals surface area contributed by atoms with Gasteiger partial charge in [-0.2, -0.15) is 14.8 Å². The summed E-state index contributed by atoms with van der Waals surface area (Å²) in [6, 6.07) is 0. The molecule has 0 saturated heterocycles. The molecule has 0 amide bonds. The van der Waals surface area contributed by atoms with E-state index < -0.39 is 28.0 Å². The van der Waals surface area contributed by atoms with Crippen molar-refractivity contribution in [2.24, 2.45) is 5.92 Å². The first-order valence-corrected chi connectivity index (χ1v) is 8.05. The Balaban J connectivity index is -0.000000385. The second-order valence-electron chi connectivity index (χ2n) is 4.09. The molecule has 0 spiro atoms. The van der Waals surface area contributed by atoms with Gasteiger partial charge in [0.1, 0.15) is 6.61 Å². The van der Waals surface area contributed by atoms with Crippen LogP contribution in [-0.2, 0) is 24.4 Å². The van der Waals surface area contributed by atoms with Gasteiger partial charge in [0.15, 0.2) is 0 Å². The van der Waals surface area contributed by atoms with Crippen LogP contribution in [0.25, 0.3) is 0 Å². The van der Waals surface area contributed by atoms with Crippen LogP contribution in [0.5, 0.6) is 0 Å². The van der Waals surface area contributed by atoms with E-state index in [1.54, 1.807) is 13.0 Å². The molecule has 1 atom stereocenters. The molecule has 0 aromatic rings. The van der Waals surface area contributed by atoms with Crippen molar-refractivity contribution in [2.45, 2.75) is 33.1 Å². The predicted octanol–water partition coefficient (Wildman–Crippen LogP) is -1.29. The number of carbonyl (C=O) groups is 2. The molecule has 0 radical (unpaired) electrons. The van der Waals surface area contributed by atoms with Gasteiger partial charge in [-0.3, -0.25) is 9.35 Å². The zero-order valence-corrected chi connectivity index (χ0v) is 14.1. The molecule has 0 aromatic heterocycles. The van der Waals surface area contributed by atoms with Gasteiger partial charge in [0, 0.05) is 11.8 Å². The second kappa shape index (κ2) is 15.1. The van der Waals surface area contributed by atoms with E-state index in [9.17, 15) is 18.0 Å². The molecule has 0 fully saturated rings. The van der Waals surface area contributed by atoms with Gasteiger partial charge in [0.2, 0.25) is 0 Å². The molecule has 124 valence electrons. The number of carboxylic acids is 1. The Morgan fingerprint density at radius 3 is 2.18 bits per heavy atom. The Morgan fingerprint density at radius 2 is 1.91 bits per heavy atom. The Kier molecular flexibility index (Phi) is 17.9. The molecule has 9 heteroatoms. The van der Waals surface area contributed by atoms with Gasteiger partial charge in [-0.25, -0.2) is 4.79 Å². The number of carbonyl (C=O) groups excluding carboxylic acids is 1. The number of rotatable bonds is 8. The maximum absolute atomic E-state index is 10.9. The van der Waals surface area contributed by atoms with Crippen LogP contribution in [0.3, 0.4) is 0 Å². The Hall–Kier alpha value is -0.813. The molecule has 0 aliphatic rings. The summed E-state index contributed by atoms with van der Waals surface area (Å²) in [5.74, 6) is -2.24. The molecule has 0 aliphatic heterocycles. The predicted molar refractivity (Wildman–Crippen MR) is 78.2 cm³/mol. The van der Waals surface area contributed by atoms with Gasteiger partial charge in [-0.1, -0.05) is 19.4 Å². The van der Waals surface area contributed by atoms with E-state index >= 15 is 0 Å². The standard InChI is InChI=1S/C10H16O4.C3H7O3S.Li/c1-3-5-8(10(12)13)7-14-9(11)6-4-2;1-2-3-7(4,5)6;/h4,6,8H,3,5,7H2,1-2H3,(H,12,13);1-3H2,(H,4,5,6);/q;-1;+1. The molecule has 2 N–H and O–H groups in total. The van der Waals surface area contributed by atoms with E-state index in [1.165, 1.54) is 6.08 Å². The van der Waals surface area contributed by atoms with Gasteiger partial charge >= 0.3 is 30.8 Å². The minimum absolute atomic E-state index is 0. The summed E-state index contributed by atoms with van der Waals surface area (Å²) in [6.45, 7) is 6.77. The van der Waals surface area contributed by atoms with Crippen LogP contribution in [0.1, 0.15) is 33.1 Å². The van der Waals surface area contributed by atoms with Gasteiger partial charge in [0.05, 0.1) is 5.92 Å². The van der Waals surface area contributed by atoms with Crippen molar-refractivity contribution in [2.75, 3.05) is 12.4 Å². The molecule has 0 bridgehead atoms. The number of hydrogen-bond donors (Lipinski definition) is 2. The van der Waals surface area contributed by atoms with Crippen LogP contribution in [0.4, 0.5) is 0 Å². The normalized spacial score (nSPS) is 11.8. The molecule has 1 unspecified atom stereocenters. The Labute approximate surface area is 144 Å². The first kappa shape index (κ1) is 26.1. The monoisotopic (exact) mass is 330 g/mol. The third-order valence-electron chi connectivity index (χ3n) is 2.12. The first-order valence-electron chi connectivity index (χ1n) is 6.44. The summed E-state index contributed by atoms with van der Waals surface area (Å²) in [5.41, 5.74) is 0. The van der Waals surface area contributed by atoms with Crippen molar-refractivity contribution in [3.8, 4) is 0 Å². The molecule has 0 aromatic carbocycles. The maximum atomic E-state index is 10.9. The number of hydrogen-bond acceptors (Lipinski definition) is 5. The van der Waals surface area contributed by atoms with Crippen molar-refractivity contribution in [1.82, 2.24) is 0 Å². The van der Waals surface area contributed by atoms with E-state index in [0.717, 1.165) is 6.42 Å². The number of carboxylic acid groups (broad SMARTS) is 1. The van der Waals surface area contributed by atoms with Crippen LogP contribution in [0.15, 0.2) is 12.2 Å². The summed E-state index contributed by atoms with van der Waals surface area (Å²) >= 11 is 0. The average Bonchev–Trinajstić information content (AvgIpc) is 2.33. The summed E-state index contributed by atoms with van der Waals surface area (Å²) in [4.78, 5) is 21.5. The number of esters is 1. The molecule has 0 heterocycles. The van der Waals surface area contributed by atoms with Crippen LogP contribution in [0, 0.1) is 12.8 Å². The van der Waals surface area contributed by atoms with Gasteiger partial charge in [0.25, 0.3) is 10.1 Å². The average molecular weight is 330 g/mol. The largest absolute Gasteiger partial charge is 1.00 e. The first-order chi connectivity index (χ1) is 9.67. The molecule has 0 saturated carbocycles. The van der Waals surface area contributed by atoms with Crippen LogP contribution < -0.4 is 18.9 Å². The summed E-state index contributed by atoms with van der Waals surface area (Å²) < 4.78 is 32.2. The molecule has 22 heavy (non-hydrogen) atoms. The zero-order chi connectivity index (χ0) is 16.9. The van der Waals surface area contributed by atoms with E-state index in [1.807, 2.05) is 6.92 Å². The topological polar surface area (TPSA) is 118 Å². The molecular formula is C13H23LiO7S. The summed E-state index contributed by atoms with van der Waals surface area (Å²) in [6.07, 6.45) is 4.33. The van der Waals surface area contributed by atoms with E-state index in [2.05, 4.69) is 6.92 Å². The summed E-state index contributed by atoms with van der Waals surface area (Å²) in [7, 11) is -3.74. The molecule has 7 nitrogen and oxygen atoms in total. The third kappa shape index (κ3) is 19.2. The van der Waals surface area contributed by atoms with Crippen molar-refractivity contribution in [3.63, 3.8) is 0 Å². The fourth-order valence-corrected chi connectivity index (χ4v) is 1.54. The van der Waals surface area contributed by atoms with Gasteiger partial charge in [-0.05, 0) is 13.3 Å². The van der Waals surface area contributed by atoms with Gasteiger partial charge in [-0.15, -0.1) is 0 Å². The SMILES string of the molecule is CC=CC(=O)OCC(CCC)C(=O)O.[CH2-]CCS(=O)(=O)O.[Li+].